The van der Waals surface area contributed by atoms with E-state index in [1.807, 2.05) is 18.2 Å². The molecule has 186 valence electrons. The SMILES string of the molecule is CC(=O)C=C([O-])c1ccccc1.CC(=O)C=C([O-])c1ccccc1.CC(=O)C=C([O-])c1ccccc1.[Al+3]. The molecule has 0 atom stereocenters. The number of carbonyl (C=O) groups excluding carboxylic acids is 3. The van der Waals surface area contributed by atoms with E-state index in [0.29, 0.717) is 16.7 Å². The molecule has 0 aromatic heterocycles. The summed E-state index contributed by atoms with van der Waals surface area (Å²) >= 11 is 0. The Kier molecular flexibility index (Phi) is 16.1. The minimum atomic E-state index is -0.233. The topological polar surface area (TPSA) is 120 Å². The first kappa shape index (κ1) is 32.8. The second-order valence-corrected chi connectivity index (χ2v) is 7.46. The first-order valence-corrected chi connectivity index (χ1v) is 10.9. The number of ketones is 3. The molecular formula is C30H27AlO6. The molecule has 0 unspecified atom stereocenters. The summed E-state index contributed by atoms with van der Waals surface area (Å²) in [5, 5.41) is 33.5. The minimum absolute atomic E-state index is 0. The van der Waals surface area contributed by atoms with E-state index in [9.17, 15) is 29.7 Å². The van der Waals surface area contributed by atoms with Gasteiger partial charge in [0.1, 0.15) is 0 Å². The molecule has 0 aliphatic heterocycles. The zero-order valence-corrected chi connectivity index (χ0v) is 22.1. The normalized spacial score (nSPS) is 10.9. The zero-order chi connectivity index (χ0) is 26.9. The fourth-order valence-electron chi connectivity index (χ4n) is 2.61. The second-order valence-electron chi connectivity index (χ2n) is 7.46. The van der Waals surface area contributed by atoms with Crippen LogP contribution in [0.25, 0.3) is 17.3 Å². The molecule has 0 bridgehead atoms. The summed E-state index contributed by atoms with van der Waals surface area (Å²) in [7, 11) is 0. The molecule has 0 amide bonds. The first-order valence-electron chi connectivity index (χ1n) is 10.9. The van der Waals surface area contributed by atoms with Gasteiger partial charge in [-0.1, -0.05) is 108 Å². The van der Waals surface area contributed by atoms with Crippen molar-refractivity contribution in [1.82, 2.24) is 0 Å². The molecule has 0 aliphatic rings. The minimum Gasteiger partial charge on any atom is -0.872 e. The molecule has 3 rings (SSSR count). The van der Waals surface area contributed by atoms with Crippen LogP contribution in [0.4, 0.5) is 0 Å². The molecule has 0 fully saturated rings. The molecule has 3 aromatic rings. The van der Waals surface area contributed by atoms with Crippen LogP contribution in [0.2, 0.25) is 0 Å². The number of hydrogen-bond acceptors (Lipinski definition) is 6. The van der Waals surface area contributed by atoms with Crippen LogP contribution in [0.1, 0.15) is 37.5 Å². The summed E-state index contributed by atoms with van der Waals surface area (Å²) in [4.78, 5) is 31.7. The zero-order valence-electron chi connectivity index (χ0n) is 20.9. The van der Waals surface area contributed by atoms with Gasteiger partial charge in [-0.25, -0.2) is 0 Å². The molecule has 0 saturated heterocycles. The van der Waals surface area contributed by atoms with Crippen molar-refractivity contribution < 1.29 is 29.7 Å². The molecule has 6 nitrogen and oxygen atoms in total. The van der Waals surface area contributed by atoms with Crippen molar-refractivity contribution in [3.05, 3.63) is 126 Å². The van der Waals surface area contributed by atoms with Crippen molar-refractivity contribution in [2.24, 2.45) is 0 Å². The van der Waals surface area contributed by atoms with E-state index in [-0.39, 0.29) is 52.0 Å². The van der Waals surface area contributed by atoms with Gasteiger partial charge in [-0.3, -0.25) is 14.4 Å². The molecule has 37 heavy (non-hydrogen) atoms. The van der Waals surface area contributed by atoms with Gasteiger partial charge < -0.3 is 15.3 Å². The fourth-order valence-corrected chi connectivity index (χ4v) is 2.61. The van der Waals surface area contributed by atoms with Gasteiger partial charge >= 0.3 is 17.4 Å². The van der Waals surface area contributed by atoms with Crippen LogP contribution in [-0.4, -0.2) is 34.7 Å². The standard InChI is InChI=1S/3C10H10O2.Al/c3*1-8(11)7-10(12)9-5-3-2-4-6-9;/h3*2-7,12H,1H3;/q;;;+3/p-3. The van der Waals surface area contributed by atoms with E-state index in [0.717, 1.165) is 18.2 Å². The van der Waals surface area contributed by atoms with E-state index in [4.69, 9.17) is 0 Å². The summed E-state index contributed by atoms with van der Waals surface area (Å²) in [5.74, 6) is -1.36. The van der Waals surface area contributed by atoms with Crippen LogP contribution >= 0.6 is 0 Å². The quantitative estimate of drug-likeness (QED) is 0.286. The van der Waals surface area contributed by atoms with Gasteiger partial charge in [-0.05, 0) is 55.7 Å². The van der Waals surface area contributed by atoms with Crippen molar-refractivity contribution in [2.45, 2.75) is 20.8 Å². The molecule has 0 heterocycles. The summed E-state index contributed by atoms with van der Waals surface area (Å²) in [6, 6.07) is 26.2. The molecule has 0 saturated carbocycles. The Hall–Kier alpha value is -4.18. The Morgan fingerprint density at radius 1 is 0.459 bits per heavy atom. The maximum Gasteiger partial charge on any atom is 3.00 e. The fraction of sp³-hybridized carbons (Fsp3) is 0.100. The predicted octanol–water partition coefficient (Wildman–Crippen LogP) is 2.55. The maximum absolute atomic E-state index is 11.2. The Labute approximate surface area is 228 Å². The Bertz CT molecular complexity index is 1060. The molecule has 3 aromatic carbocycles. The van der Waals surface area contributed by atoms with E-state index >= 15 is 0 Å². The van der Waals surface area contributed by atoms with Crippen LogP contribution in [0, 0.1) is 0 Å². The van der Waals surface area contributed by atoms with Gasteiger partial charge in [0.05, 0.1) is 0 Å². The Morgan fingerprint density at radius 2 is 0.649 bits per heavy atom. The third-order valence-electron chi connectivity index (χ3n) is 4.18. The van der Waals surface area contributed by atoms with Crippen molar-refractivity contribution in [1.29, 1.82) is 0 Å². The Morgan fingerprint density at radius 3 is 0.811 bits per heavy atom. The van der Waals surface area contributed by atoms with E-state index in [1.165, 1.54) is 20.8 Å². The maximum atomic E-state index is 11.2. The number of allylic oxidation sites excluding steroid dienone is 3. The molecular weight excluding hydrogens is 483 g/mol. The average Bonchev–Trinajstić information content (AvgIpc) is 2.85. The molecule has 0 radical (unpaired) electrons. The number of rotatable bonds is 6. The molecule has 0 aliphatic carbocycles. The predicted molar refractivity (Wildman–Crippen MR) is 141 cm³/mol. The van der Waals surface area contributed by atoms with E-state index in [2.05, 4.69) is 0 Å². The van der Waals surface area contributed by atoms with Crippen molar-refractivity contribution >= 4 is 52.0 Å². The van der Waals surface area contributed by atoms with Gasteiger partial charge in [0.15, 0.2) is 17.3 Å². The van der Waals surface area contributed by atoms with Crippen LogP contribution < -0.4 is 15.3 Å². The van der Waals surface area contributed by atoms with Gasteiger partial charge in [0, 0.05) is 0 Å². The van der Waals surface area contributed by atoms with Gasteiger partial charge in [0.2, 0.25) is 0 Å². The van der Waals surface area contributed by atoms with E-state index < -0.39 is 0 Å². The monoisotopic (exact) mass is 510 g/mol. The largest absolute Gasteiger partial charge is 3.00 e. The third-order valence-corrected chi connectivity index (χ3v) is 4.18. The van der Waals surface area contributed by atoms with Gasteiger partial charge in [0.25, 0.3) is 0 Å². The van der Waals surface area contributed by atoms with Crippen molar-refractivity contribution in [3.8, 4) is 0 Å². The summed E-state index contributed by atoms with van der Waals surface area (Å²) in [6.07, 6.45) is 3.28. The second kappa shape index (κ2) is 18.1. The Balaban J connectivity index is 0.000000518. The molecule has 7 heteroatoms. The summed E-state index contributed by atoms with van der Waals surface area (Å²) in [5.41, 5.74) is 1.65. The first-order chi connectivity index (χ1) is 17.1. The van der Waals surface area contributed by atoms with Crippen LogP contribution in [-0.2, 0) is 14.4 Å². The van der Waals surface area contributed by atoms with Crippen LogP contribution in [0.15, 0.2) is 109 Å². The summed E-state index contributed by atoms with van der Waals surface area (Å²) < 4.78 is 0. The summed E-state index contributed by atoms with van der Waals surface area (Å²) in [6.45, 7) is 4.09. The van der Waals surface area contributed by atoms with Crippen molar-refractivity contribution in [2.75, 3.05) is 0 Å². The average molecular weight is 511 g/mol. The number of carbonyl (C=O) groups is 3. The van der Waals surface area contributed by atoms with Crippen LogP contribution in [0.5, 0.6) is 0 Å². The van der Waals surface area contributed by atoms with E-state index in [1.54, 1.807) is 72.8 Å². The van der Waals surface area contributed by atoms with Crippen molar-refractivity contribution in [3.63, 3.8) is 0 Å². The smallest absolute Gasteiger partial charge is 0.872 e. The third kappa shape index (κ3) is 14.7. The molecule has 0 spiro atoms. The van der Waals surface area contributed by atoms with Gasteiger partial charge in [-0.2, -0.15) is 0 Å². The number of benzene rings is 3. The van der Waals surface area contributed by atoms with Gasteiger partial charge in [-0.15, -0.1) is 0 Å². The van der Waals surface area contributed by atoms with Crippen LogP contribution in [0.3, 0.4) is 0 Å². The number of hydrogen-bond donors (Lipinski definition) is 0. The molecule has 0 N–H and O–H groups in total.